The Morgan fingerprint density at radius 3 is 2.74 bits per heavy atom. The summed E-state index contributed by atoms with van der Waals surface area (Å²) in [5, 5.41) is 6.86. The number of carbonyl (C=O) groups excluding carboxylic acids is 1. The van der Waals surface area contributed by atoms with Crippen LogP contribution in [0.4, 0.5) is 0 Å². The standard InChI is InChI=1S/C19H24N4O4/c1-25-16-5-2-13(19(24)21-14-3-4-14)10-17(16)27-15-6-8-23(9-7-15)11-18-20-12-26-22-18/h2,5,10,12,14-15H,3-4,6-9,11H2,1H3,(H,21,24). The van der Waals surface area contributed by atoms with Crippen LogP contribution in [0.5, 0.6) is 11.5 Å². The van der Waals surface area contributed by atoms with Gasteiger partial charge in [-0.2, -0.15) is 4.98 Å². The lowest BCUT2D eigenvalue weighted by atomic mass is 10.1. The first-order valence-corrected chi connectivity index (χ1v) is 9.34. The summed E-state index contributed by atoms with van der Waals surface area (Å²) in [6.45, 7) is 2.47. The first-order chi connectivity index (χ1) is 13.2. The number of likely N-dealkylation sites (tertiary alicyclic amines) is 1. The molecule has 1 aliphatic heterocycles. The van der Waals surface area contributed by atoms with Crippen LogP contribution in [0.25, 0.3) is 0 Å². The molecule has 144 valence electrons. The molecule has 2 aliphatic rings. The van der Waals surface area contributed by atoms with Crippen molar-refractivity contribution in [3.05, 3.63) is 36.0 Å². The number of hydrogen-bond acceptors (Lipinski definition) is 7. The molecular weight excluding hydrogens is 348 g/mol. The van der Waals surface area contributed by atoms with Crippen LogP contribution in [-0.2, 0) is 6.54 Å². The Morgan fingerprint density at radius 2 is 2.07 bits per heavy atom. The molecule has 4 rings (SSSR count). The highest BCUT2D eigenvalue weighted by Crippen LogP contribution is 2.31. The summed E-state index contributed by atoms with van der Waals surface area (Å²) in [7, 11) is 1.61. The number of rotatable bonds is 7. The number of benzene rings is 1. The van der Waals surface area contributed by atoms with E-state index in [-0.39, 0.29) is 12.0 Å². The minimum absolute atomic E-state index is 0.0556. The smallest absolute Gasteiger partial charge is 0.251 e. The average Bonchev–Trinajstić information content (AvgIpc) is 3.35. The Morgan fingerprint density at radius 1 is 1.26 bits per heavy atom. The summed E-state index contributed by atoms with van der Waals surface area (Å²) in [4.78, 5) is 18.6. The van der Waals surface area contributed by atoms with Crippen molar-refractivity contribution in [2.45, 2.75) is 44.4 Å². The molecule has 8 nitrogen and oxygen atoms in total. The molecule has 0 radical (unpaired) electrons. The fourth-order valence-corrected chi connectivity index (χ4v) is 3.23. The number of carbonyl (C=O) groups is 1. The minimum atomic E-state index is -0.0556. The molecule has 2 fully saturated rings. The second kappa shape index (κ2) is 7.96. The number of piperidine rings is 1. The Bertz CT molecular complexity index is 768. The van der Waals surface area contributed by atoms with Gasteiger partial charge in [-0.3, -0.25) is 9.69 Å². The highest BCUT2D eigenvalue weighted by molar-refractivity contribution is 5.95. The van der Waals surface area contributed by atoms with Crippen LogP contribution in [0.3, 0.4) is 0 Å². The van der Waals surface area contributed by atoms with E-state index in [2.05, 4.69) is 20.4 Å². The van der Waals surface area contributed by atoms with Gasteiger partial charge in [-0.1, -0.05) is 5.16 Å². The topological polar surface area (TPSA) is 89.7 Å². The Labute approximate surface area is 157 Å². The molecule has 0 atom stereocenters. The summed E-state index contributed by atoms with van der Waals surface area (Å²) >= 11 is 0. The van der Waals surface area contributed by atoms with Crippen LogP contribution >= 0.6 is 0 Å². The summed E-state index contributed by atoms with van der Waals surface area (Å²) in [6.07, 6.45) is 5.34. The van der Waals surface area contributed by atoms with Gasteiger partial charge in [-0.25, -0.2) is 0 Å². The molecule has 8 heteroatoms. The van der Waals surface area contributed by atoms with E-state index >= 15 is 0 Å². The molecule has 1 saturated carbocycles. The zero-order chi connectivity index (χ0) is 18.6. The van der Waals surface area contributed by atoms with Gasteiger partial charge in [-0.15, -0.1) is 0 Å². The lowest BCUT2D eigenvalue weighted by Gasteiger charge is -2.31. The van der Waals surface area contributed by atoms with Gasteiger partial charge >= 0.3 is 0 Å². The van der Waals surface area contributed by atoms with E-state index in [1.165, 1.54) is 6.39 Å². The Balaban J connectivity index is 1.36. The zero-order valence-corrected chi connectivity index (χ0v) is 15.4. The van der Waals surface area contributed by atoms with Gasteiger partial charge in [0.05, 0.1) is 13.7 Å². The van der Waals surface area contributed by atoms with E-state index in [0.29, 0.717) is 35.5 Å². The lowest BCUT2D eigenvalue weighted by molar-refractivity contribution is 0.0911. The van der Waals surface area contributed by atoms with Gasteiger partial charge in [0.1, 0.15) is 6.10 Å². The fourth-order valence-electron chi connectivity index (χ4n) is 3.23. The van der Waals surface area contributed by atoms with Crippen molar-refractivity contribution in [3.63, 3.8) is 0 Å². The van der Waals surface area contributed by atoms with Gasteiger partial charge in [0, 0.05) is 24.7 Å². The molecule has 27 heavy (non-hydrogen) atoms. The SMILES string of the molecule is COc1ccc(C(=O)NC2CC2)cc1OC1CCN(Cc2ncon2)CC1. The summed E-state index contributed by atoms with van der Waals surface area (Å²) in [5.41, 5.74) is 0.604. The highest BCUT2D eigenvalue weighted by atomic mass is 16.5. The number of nitrogens with zero attached hydrogens (tertiary/aromatic N) is 3. The molecule has 2 heterocycles. The monoisotopic (exact) mass is 372 g/mol. The predicted molar refractivity (Wildman–Crippen MR) is 96.7 cm³/mol. The van der Waals surface area contributed by atoms with Crippen LogP contribution < -0.4 is 14.8 Å². The maximum Gasteiger partial charge on any atom is 0.251 e. The quantitative estimate of drug-likeness (QED) is 0.795. The average molecular weight is 372 g/mol. The second-order valence-corrected chi connectivity index (χ2v) is 7.05. The number of aromatic nitrogens is 2. The van der Waals surface area contributed by atoms with E-state index < -0.39 is 0 Å². The van der Waals surface area contributed by atoms with Crippen molar-refractivity contribution < 1.29 is 18.8 Å². The molecule has 0 spiro atoms. The molecule has 1 amide bonds. The third-order valence-corrected chi connectivity index (χ3v) is 4.94. The third-order valence-electron chi connectivity index (χ3n) is 4.94. The molecule has 0 unspecified atom stereocenters. The van der Waals surface area contributed by atoms with Crippen molar-refractivity contribution in [1.29, 1.82) is 0 Å². The van der Waals surface area contributed by atoms with Crippen molar-refractivity contribution in [1.82, 2.24) is 20.4 Å². The molecule has 1 saturated heterocycles. The number of nitrogens with one attached hydrogen (secondary N) is 1. The van der Waals surface area contributed by atoms with E-state index in [0.717, 1.165) is 38.8 Å². The van der Waals surface area contributed by atoms with Gasteiger partial charge in [0.2, 0.25) is 6.39 Å². The van der Waals surface area contributed by atoms with E-state index in [1.54, 1.807) is 25.3 Å². The van der Waals surface area contributed by atoms with Crippen LogP contribution in [0.1, 0.15) is 41.9 Å². The maximum atomic E-state index is 12.3. The molecule has 1 aromatic heterocycles. The van der Waals surface area contributed by atoms with Gasteiger partial charge < -0.3 is 19.3 Å². The second-order valence-electron chi connectivity index (χ2n) is 7.05. The maximum absolute atomic E-state index is 12.3. The largest absolute Gasteiger partial charge is 0.493 e. The summed E-state index contributed by atoms with van der Waals surface area (Å²) < 4.78 is 16.4. The lowest BCUT2D eigenvalue weighted by Crippen LogP contribution is -2.38. The molecule has 1 N–H and O–H groups in total. The normalized spacial score (nSPS) is 18.3. The van der Waals surface area contributed by atoms with Crippen molar-refractivity contribution in [3.8, 4) is 11.5 Å². The van der Waals surface area contributed by atoms with Crippen LogP contribution in [-0.4, -0.2) is 53.3 Å². The number of hydrogen-bond donors (Lipinski definition) is 1. The zero-order valence-electron chi connectivity index (χ0n) is 15.4. The Kier molecular flexibility index (Phi) is 5.24. The molecule has 1 aliphatic carbocycles. The predicted octanol–water partition coefficient (Wildman–Crippen LogP) is 2.01. The van der Waals surface area contributed by atoms with E-state index in [1.807, 2.05) is 0 Å². The summed E-state index contributed by atoms with van der Waals surface area (Å²) in [5.74, 6) is 1.91. The highest BCUT2D eigenvalue weighted by Gasteiger charge is 2.25. The van der Waals surface area contributed by atoms with E-state index in [4.69, 9.17) is 14.0 Å². The van der Waals surface area contributed by atoms with Crippen molar-refractivity contribution >= 4 is 5.91 Å². The van der Waals surface area contributed by atoms with Gasteiger partial charge in [0.25, 0.3) is 5.91 Å². The van der Waals surface area contributed by atoms with Crippen LogP contribution in [0.15, 0.2) is 29.1 Å². The third kappa shape index (κ3) is 4.57. The van der Waals surface area contributed by atoms with Crippen LogP contribution in [0.2, 0.25) is 0 Å². The number of ether oxygens (including phenoxy) is 2. The van der Waals surface area contributed by atoms with E-state index in [9.17, 15) is 4.79 Å². The minimum Gasteiger partial charge on any atom is -0.493 e. The van der Waals surface area contributed by atoms with Gasteiger partial charge in [0.15, 0.2) is 17.3 Å². The van der Waals surface area contributed by atoms with Crippen molar-refractivity contribution in [2.24, 2.45) is 0 Å². The molecule has 1 aromatic carbocycles. The first-order valence-electron chi connectivity index (χ1n) is 9.34. The molecule has 2 aromatic rings. The summed E-state index contributed by atoms with van der Waals surface area (Å²) in [6, 6.07) is 5.68. The number of methoxy groups -OCH3 is 1. The van der Waals surface area contributed by atoms with Crippen molar-refractivity contribution in [2.75, 3.05) is 20.2 Å². The molecular formula is C19H24N4O4. The fraction of sp³-hybridized carbons (Fsp3) is 0.526. The first kappa shape index (κ1) is 17.8. The van der Waals surface area contributed by atoms with Crippen LogP contribution in [0, 0.1) is 0 Å². The Hall–Kier alpha value is -2.61. The molecule has 0 bridgehead atoms. The van der Waals surface area contributed by atoms with Gasteiger partial charge in [-0.05, 0) is 43.9 Å². The number of amides is 1.